The van der Waals surface area contributed by atoms with E-state index in [0.717, 1.165) is 24.6 Å². The average molecular weight is 450 g/mol. The zero-order chi connectivity index (χ0) is 21.9. The second-order valence-electron chi connectivity index (χ2n) is 7.79. The number of hydrogen-bond donors (Lipinski definition) is 2. The molecule has 8 nitrogen and oxygen atoms in total. The van der Waals surface area contributed by atoms with Gasteiger partial charge in [0.15, 0.2) is 0 Å². The monoisotopic (exact) mass is 449 g/mol. The topological polar surface area (TPSA) is 106 Å². The van der Waals surface area contributed by atoms with Crippen LogP contribution in [0.4, 0.5) is 0 Å². The lowest BCUT2D eigenvalue weighted by Gasteiger charge is -2.24. The number of benzene rings is 1. The molecule has 0 saturated heterocycles. The summed E-state index contributed by atoms with van der Waals surface area (Å²) < 4.78 is 38.8. The Hall–Kier alpha value is -2.30. The SMILES string of the molecule is CC(C)[C@@H](NS(=O)(=O)c1cccc2nsnc12)C(=O)N[C@H](C)CCc1cccn1C. The van der Waals surface area contributed by atoms with Gasteiger partial charge in [0.05, 0.1) is 11.7 Å². The number of hydrogen-bond acceptors (Lipinski definition) is 6. The summed E-state index contributed by atoms with van der Waals surface area (Å²) in [4.78, 5) is 12.9. The molecule has 3 rings (SSSR count). The van der Waals surface area contributed by atoms with Gasteiger partial charge in [-0.15, -0.1) is 0 Å². The molecule has 0 bridgehead atoms. The number of aromatic nitrogens is 3. The van der Waals surface area contributed by atoms with Crippen LogP contribution in [-0.2, 0) is 28.3 Å². The Morgan fingerprint density at radius 1 is 1.17 bits per heavy atom. The van der Waals surface area contributed by atoms with Crippen molar-refractivity contribution >= 4 is 38.7 Å². The van der Waals surface area contributed by atoms with Gasteiger partial charge in [0, 0.05) is 25.0 Å². The van der Waals surface area contributed by atoms with E-state index in [4.69, 9.17) is 0 Å². The summed E-state index contributed by atoms with van der Waals surface area (Å²) in [5.41, 5.74) is 2.01. The zero-order valence-electron chi connectivity index (χ0n) is 17.5. The molecule has 0 unspecified atom stereocenters. The first-order valence-electron chi connectivity index (χ1n) is 9.83. The van der Waals surface area contributed by atoms with Crippen LogP contribution in [0.15, 0.2) is 41.4 Å². The Bertz CT molecular complexity index is 1120. The summed E-state index contributed by atoms with van der Waals surface area (Å²) in [6.07, 6.45) is 3.56. The number of nitrogens with one attached hydrogen (secondary N) is 2. The van der Waals surface area contributed by atoms with Crippen molar-refractivity contribution in [1.82, 2.24) is 23.4 Å². The molecule has 2 aromatic heterocycles. The first-order chi connectivity index (χ1) is 14.2. The van der Waals surface area contributed by atoms with Gasteiger partial charge in [-0.1, -0.05) is 19.9 Å². The van der Waals surface area contributed by atoms with Crippen LogP contribution in [0, 0.1) is 5.92 Å². The van der Waals surface area contributed by atoms with Gasteiger partial charge in [-0.3, -0.25) is 4.79 Å². The van der Waals surface area contributed by atoms with Gasteiger partial charge in [0.1, 0.15) is 22.0 Å². The lowest BCUT2D eigenvalue weighted by molar-refractivity contribution is -0.124. The van der Waals surface area contributed by atoms with E-state index in [-0.39, 0.29) is 22.8 Å². The number of fused-ring (bicyclic) bond motifs is 1. The van der Waals surface area contributed by atoms with Gasteiger partial charge in [0.2, 0.25) is 15.9 Å². The molecule has 2 N–H and O–H groups in total. The van der Waals surface area contributed by atoms with Crippen molar-refractivity contribution in [3.8, 4) is 0 Å². The summed E-state index contributed by atoms with van der Waals surface area (Å²) in [5.74, 6) is -0.566. The van der Waals surface area contributed by atoms with Crippen molar-refractivity contribution in [3.63, 3.8) is 0 Å². The highest BCUT2D eigenvalue weighted by molar-refractivity contribution is 7.89. The molecule has 0 radical (unpaired) electrons. The Balaban J connectivity index is 1.69. The van der Waals surface area contributed by atoms with Crippen LogP contribution < -0.4 is 10.0 Å². The quantitative estimate of drug-likeness (QED) is 0.522. The highest BCUT2D eigenvalue weighted by Crippen LogP contribution is 2.22. The van der Waals surface area contributed by atoms with Crippen molar-refractivity contribution in [2.45, 2.75) is 50.6 Å². The molecule has 0 saturated carbocycles. The van der Waals surface area contributed by atoms with Crippen LogP contribution in [0.1, 0.15) is 32.9 Å². The molecule has 0 aliphatic heterocycles. The first kappa shape index (κ1) is 22.4. The van der Waals surface area contributed by atoms with E-state index >= 15 is 0 Å². The Morgan fingerprint density at radius 3 is 2.60 bits per heavy atom. The smallest absolute Gasteiger partial charge is 0.243 e. The minimum atomic E-state index is -3.95. The Morgan fingerprint density at radius 2 is 1.93 bits per heavy atom. The van der Waals surface area contributed by atoms with Crippen LogP contribution >= 0.6 is 11.7 Å². The van der Waals surface area contributed by atoms with Gasteiger partial charge in [0.25, 0.3) is 0 Å². The molecule has 0 aliphatic rings. The lowest BCUT2D eigenvalue weighted by atomic mass is 10.0. The molecule has 1 amide bonds. The predicted octanol–water partition coefficient (Wildman–Crippen LogP) is 2.47. The van der Waals surface area contributed by atoms with Gasteiger partial charge < -0.3 is 9.88 Å². The number of aryl methyl sites for hydroxylation is 2. The van der Waals surface area contributed by atoms with Crippen LogP contribution in [0.2, 0.25) is 0 Å². The summed E-state index contributed by atoms with van der Waals surface area (Å²) in [6, 6.07) is 7.85. The Labute approximate surface area is 181 Å². The zero-order valence-corrected chi connectivity index (χ0v) is 19.1. The molecule has 2 heterocycles. The van der Waals surface area contributed by atoms with E-state index in [2.05, 4.69) is 18.8 Å². The highest BCUT2D eigenvalue weighted by Gasteiger charge is 2.30. The van der Waals surface area contributed by atoms with E-state index in [9.17, 15) is 13.2 Å². The van der Waals surface area contributed by atoms with Gasteiger partial charge in [-0.05, 0) is 49.9 Å². The number of rotatable bonds is 9. The number of nitrogens with zero attached hydrogens (tertiary/aromatic N) is 3. The largest absolute Gasteiger partial charge is 0.354 e. The fourth-order valence-electron chi connectivity index (χ4n) is 3.25. The molecular weight excluding hydrogens is 422 g/mol. The normalized spacial score (nSPS) is 14.2. The molecule has 2 atom stereocenters. The summed E-state index contributed by atoms with van der Waals surface area (Å²) in [5, 5.41) is 2.95. The molecule has 30 heavy (non-hydrogen) atoms. The maximum Gasteiger partial charge on any atom is 0.243 e. The summed E-state index contributed by atoms with van der Waals surface area (Å²) in [6.45, 7) is 5.55. The first-order valence-corrected chi connectivity index (χ1v) is 12.0. The van der Waals surface area contributed by atoms with Gasteiger partial charge in [-0.2, -0.15) is 13.5 Å². The van der Waals surface area contributed by atoms with Crippen LogP contribution in [0.3, 0.4) is 0 Å². The molecule has 162 valence electrons. The highest BCUT2D eigenvalue weighted by atomic mass is 32.2. The molecule has 1 aromatic carbocycles. The van der Waals surface area contributed by atoms with E-state index < -0.39 is 16.1 Å². The predicted molar refractivity (Wildman–Crippen MR) is 118 cm³/mol. The minimum Gasteiger partial charge on any atom is -0.354 e. The minimum absolute atomic E-state index is 0.0314. The second-order valence-corrected chi connectivity index (χ2v) is 10.0. The number of carbonyl (C=O) groups is 1. The van der Waals surface area contributed by atoms with Crippen molar-refractivity contribution in [2.24, 2.45) is 13.0 Å². The van der Waals surface area contributed by atoms with Crippen molar-refractivity contribution in [1.29, 1.82) is 0 Å². The number of carbonyl (C=O) groups excluding carboxylic acids is 1. The standard InChI is InChI=1S/C20H27N5O3S2/c1-13(2)18(20(26)21-14(3)10-11-15-7-6-12-25(15)4)24-30(27,28)17-9-5-8-16-19(17)23-29-22-16/h5-9,12-14,18,24H,10-11H2,1-4H3,(H,21,26)/t14-,18-/m1/s1. The van der Waals surface area contributed by atoms with Crippen LogP contribution in [0.25, 0.3) is 11.0 Å². The second kappa shape index (κ2) is 9.23. The average Bonchev–Trinajstić information content (AvgIpc) is 3.32. The maximum atomic E-state index is 13.0. The third-order valence-electron chi connectivity index (χ3n) is 5.04. The van der Waals surface area contributed by atoms with Crippen LogP contribution in [0.5, 0.6) is 0 Å². The van der Waals surface area contributed by atoms with Crippen molar-refractivity contribution in [2.75, 3.05) is 0 Å². The third-order valence-corrected chi connectivity index (χ3v) is 7.06. The van der Waals surface area contributed by atoms with E-state index in [0.29, 0.717) is 11.0 Å². The number of amides is 1. The lowest BCUT2D eigenvalue weighted by Crippen LogP contribution is -2.51. The summed E-state index contributed by atoms with van der Waals surface area (Å²) >= 11 is 0.955. The Kier molecular flexibility index (Phi) is 6.89. The van der Waals surface area contributed by atoms with Crippen LogP contribution in [-0.4, -0.2) is 39.7 Å². The fraction of sp³-hybridized carbons (Fsp3) is 0.450. The van der Waals surface area contributed by atoms with Gasteiger partial charge >= 0.3 is 0 Å². The molecule has 0 fully saturated rings. The fourth-order valence-corrected chi connectivity index (χ4v) is 5.36. The molecule has 0 aliphatic carbocycles. The third kappa shape index (κ3) is 5.05. The van der Waals surface area contributed by atoms with Gasteiger partial charge in [-0.25, -0.2) is 8.42 Å². The maximum absolute atomic E-state index is 13.0. The molecule has 10 heteroatoms. The van der Waals surface area contributed by atoms with E-state index in [1.54, 1.807) is 12.1 Å². The molecule has 3 aromatic rings. The molecule has 0 spiro atoms. The van der Waals surface area contributed by atoms with E-state index in [1.807, 2.05) is 50.7 Å². The summed E-state index contributed by atoms with van der Waals surface area (Å²) in [7, 11) is -1.96. The van der Waals surface area contributed by atoms with E-state index in [1.165, 1.54) is 11.8 Å². The van der Waals surface area contributed by atoms with Crippen molar-refractivity contribution in [3.05, 3.63) is 42.2 Å². The van der Waals surface area contributed by atoms with Crippen molar-refractivity contribution < 1.29 is 13.2 Å². The molecular formula is C20H27N5O3S2. The number of sulfonamides is 1.